The maximum atomic E-state index is 12.5. The van der Waals surface area contributed by atoms with Gasteiger partial charge in [0.2, 0.25) is 0 Å². The van der Waals surface area contributed by atoms with Crippen LogP contribution in [0.3, 0.4) is 0 Å². The van der Waals surface area contributed by atoms with E-state index in [2.05, 4.69) is 10.3 Å². The zero-order chi connectivity index (χ0) is 21.7. The Morgan fingerprint density at radius 2 is 1.97 bits per heavy atom. The number of hydrogen-bond acceptors (Lipinski definition) is 4. The number of aromatic amines is 1. The van der Waals surface area contributed by atoms with Gasteiger partial charge in [0.1, 0.15) is 5.69 Å². The number of aliphatic hydroxyl groups excluding tert-OH is 2. The number of halogens is 1. The van der Waals surface area contributed by atoms with Crippen LogP contribution in [0.15, 0.2) is 48.5 Å². The van der Waals surface area contributed by atoms with Crippen LogP contribution in [0.25, 0.3) is 10.9 Å². The molecule has 0 saturated heterocycles. The van der Waals surface area contributed by atoms with E-state index in [4.69, 9.17) is 16.7 Å². The predicted octanol–water partition coefficient (Wildman–Crippen LogP) is 2.28. The molecule has 1 atom stereocenters. The normalized spacial score (nSPS) is 12.0. The van der Waals surface area contributed by atoms with Gasteiger partial charge < -0.3 is 25.4 Å². The number of carbonyl (C=O) groups is 2. The average Bonchev–Trinajstić information content (AvgIpc) is 3.16. The van der Waals surface area contributed by atoms with Gasteiger partial charge in [-0.1, -0.05) is 35.9 Å². The van der Waals surface area contributed by atoms with Gasteiger partial charge in [-0.3, -0.25) is 9.59 Å². The van der Waals surface area contributed by atoms with Crippen molar-refractivity contribution in [1.82, 2.24) is 15.2 Å². The highest BCUT2D eigenvalue weighted by molar-refractivity contribution is 6.31. The number of nitrogens with zero attached hydrogens (tertiary/aromatic N) is 1. The van der Waals surface area contributed by atoms with Gasteiger partial charge in [0.05, 0.1) is 6.61 Å². The highest BCUT2D eigenvalue weighted by Crippen LogP contribution is 2.21. The molecule has 3 aromatic rings. The minimum atomic E-state index is -1.33. The van der Waals surface area contributed by atoms with Crippen molar-refractivity contribution in [2.75, 3.05) is 26.7 Å². The summed E-state index contributed by atoms with van der Waals surface area (Å²) in [6, 6.07) is 14.2. The van der Waals surface area contributed by atoms with Crippen LogP contribution in [0.4, 0.5) is 0 Å². The molecule has 8 heteroatoms. The second-order valence-electron chi connectivity index (χ2n) is 7.01. The Balaban J connectivity index is 1.64. The summed E-state index contributed by atoms with van der Waals surface area (Å²) in [7, 11) is 1.53. The molecule has 2 aromatic carbocycles. The lowest BCUT2D eigenvalue weighted by Gasteiger charge is -2.21. The van der Waals surface area contributed by atoms with Crippen molar-refractivity contribution in [3.63, 3.8) is 0 Å². The van der Waals surface area contributed by atoms with Crippen molar-refractivity contribution in [2.45, 2.75) is 12.5 Å². The Labute approximate surface area is 179 Å². The van der Waals surface area contributed by atoms with Crippen LogP contribution in [0.1, 0.15) is 27.7 Å². The summed E-state index contributed by atoms with van der Waals surface area (Å²) in [5.74, 6) is -0.739. The lowest BCUT2D eigenvalue weighted by Crippen LogP contribution is -2.34. The van der Waals surface area contributed by atoms with Crippen LogP contribution in [0.5, 0.6) is 0 Å². The smallest absolute Gasteiger partial charge is 0.267 e. The zero-order valence-corrected chi connectivity index (χ0v) is 17.3. The highest BCUT2D eigenvalue weighted by Gasteiger charge is 2.23. The standard InChI is InChI=1S/C22H24ClN3O4/c1-26(10-11-27)22(30)20(28)17-5-3-2-4-14(17)8-9-24-21(29)19-13-15-12-16(23)6-7-18(15)25-19/h2-7,12-13,20,25,27-28H,8-11H2,1H3,(H,24,29). The zero-order valence-electron chi connectivity index (χ0n) is 16.6. The number of aliphatic hydroxyl groups is 2. The lowest BCUT2D eigenvalue weighted by atomic mass is 9.99. The van der Waals surface area contributed by atoms with Gasteiger partial charge in [-0.2, -0.15) is 0 Å². The number of likely N-dealkylation sites (N-methyl/N-ethyl adjacent to an activating group) is 1. The summed E-state index contributed by atoms with van der Waals surface area (Å²) in [6.07, 6.45) is -0.880. The van der Waals surface area contributed by atoms with Gasteiger partial charge in [-0.25, -0.2) is 0 Å². The van der Waals surface area contributed by atoms with E-state index >= 15 is 0 Å². The Morgan fingerprint density at radius 3 is 2.73 bits per heavy atom. The van der Waals surface area contributed by atoms with Gasteiger partial charge in [-0.15, -0.1) is 0 Å². The van der Waals surface area contributed by atoms with E-state index in [-0.39, 0.29) is 19.1 Å². The number of rotatable bonds is 8. The molecule has 2 amide bonds. The molecule has 0 radical (unpaired) electrons. The minimum Gasteiger partial charge on any atom is -0.395 e. The molecule has 0 aliphatic rings. The minimum absolute atomic E-state index is 0.143. The third kappa shape index (κ3) is 4.99. The Kier molecular flexibility index (Phi) is 7.10. The van der Waals surface area contributed by atoms with Crippen molar-refractivity contribution in [2.24, 2.45) is 0 Å². The second kappa shape index (κ2) is 9.75. The number of carbonyl (C=O) groups excluding carboxylic acids is 2. The summed E-state index contributed by atoms with van der Waals surface area (Å²) in [4.78, 5) is 29.2. The third-order valence-corrected chi connectivity index (χ3v) is 5.14. The van der Waals surface area contributed by atoms with Gasteiger partial charge in [0.25, 0.3) is 11.8 Å². The summed E-state index contributed by atoms with van der Waals surface area (Å²) >= 11 is 5.98. The Bertz CT molecular complexity index is 1050. The van der Waals surface area contributed by atoms with E-state index < -0.39 is 12.0 Å². The van der Waals surface area contributed by atoms with Crippen LogP contribution in [-0.4, -0.2) is 58.7 Å². The van der Waals surface area contributed by atoms with Crippen LogP contribution in [0.2, 0.25) is 5.02 Å². The molecule has 0 saturated carbocycles. The monoisotopic (exact) mass is 429 g/mol. The topological polar surface area (TPSA) is 106 Å². The van der Waals surface area contributed by atoms with Crippen molar-refractivity contribution in [1.29, 1.82) is 0 Å². The molecule has 0 spiro atoms. The lowest BCUT2D eigenvalue weighted by molar-refractivity contribution is -0.139. The molecule has 0 aliphatic carbocycles. The number of H-pyrrole nitrogens is 1. The van der Waals surface area contributed by atoms with Gasteiger partial charge in [0.15, 0.2) is 6.10 Å². The summed E-state index contributed by atoms with van der Waals surface area (Å²) in [6.45, 7) is 0.297. The number of aromatic nitrogens is 1. The fraction of sp³-hybridized carbons (Fsp3) is 0.273. The molecular formula is C22H24ClN3O4. The highest BCUT2D eigenvalue weighted by atomic mass is 35.5. The Hall–Kier alpha value is -2.87. The summed E-state index contributed by atoms with van der Waals surface area (Å²) in [5.41, 5.74) is 2.51. The second-order valence-corrected chi connectivity index (χ2v) is 7.44. The molecule has 7 nitrogen and oxygen atoms in total. The quantitative estimate of drug-likeness (QED) is 0.440. The summed E-state index contributed by atoms with van der Waals surface area (Å²) in [5, 5.41) is 23.8. The number of fused-ring (bicyclic) bond motifs is 1. The van der Waals surface area contributed by atoms with E-state index in [1.165, 1.54) is 11.9 Å². The number of nitrogens with one attached hydrogen (secondary N) is 2. The molecule has 0 fully saturated rings. The molecule has 1 heterocycles. The molecule has 1 unspecified atom stereocenters. The Morgan fingerprint density at radius 1 is 1.20 bits per heavy atom. The first-order valence-corrected chi connectivity index (χ1v) is 9.96. The maximum Gasteiger partial charge on any atom is 0.267 e. The molecule has 1 aromatic heterocycles. The summed E-state index contributed by atoms with van der Waals surface area (Å²) < 4.78 is 0. The fourth-order valence-electron chi connectivity index (χ4n) is 3.26. The van der Waals surface area contributed by atoms with E-state index in [0.29, 0.717) is 29.2 Å². The molecule has 4 N–H and O–H groups in total. The van der Waals surface area contributed by atoms with Crippen LogP contribution < -0.4 is 5.32 Å². The largest absolute Gasteiger partial charge is 0.395 e. The van der Waals surface area contributed by atoms with E-state index in [1.54, 1.807) is 30.3 Å². The van der Waals surface area contributed by atoms with Crippen molar-refractivity contribution in [3.8, 4) is 0 Å². The van der Waals surface area contributed by atoms with Crippen molar-refractivity contribution < 1.29 is 19.8 Å². The van der Waals surface area contributed by atoms with Gasteiger partial charge in [0, 0.05) is 36.1 Å². The van der Waals surface area contributed by atoms with Crippen molar-refractivity contribution in [3.05, 3.63) is 70.4 Å². The first kappa shape index (κ1) is 21.8. The molecule has 0 bridgehead atoms. The van der Waals surface area contributed by atoms with E-state index in [1.807, 2.05) is 18.2 Å². The van der Waals surface area contributed by atoms with Gasteiger partial charge >= 0.3 is 0 Å². The van der Waals surface area contributed by atoms with Crippen LogP contribution in [-0.2, 0) is 11.2 Å². The number of amides is 2. The third-order valence-electron chi connectivity index (χ3n) is 4.90. The molecular weight excluding hydrogens is 406 g/mol. The first-order valence-electron chi connectivity index (χ1n) is 9.59. The molecule has 158 valence electrons. The average molecular weight is 430 g/mol. The SMILES string of the molecule is CN(CCO)C(=O)C(O)c1ccccc1CCNC(=O)c1cc2cc(Cl)ccc2[nH]1. The molecule has 30 heavy (non-hydrogen) atoms. The van der Waals surface area contributed by atoms with E-state index in [9.17, 15) is 14.7 Å². The maximum absolute atomic E-state index is 12.5. The fourth-order valence-corrected chi connectivity index (χ4v) is 3.44. The van der Waals surface area contributed by atoms with E-state index in [0.717, 1.165) is 16.5 Å². The van der Waals surface area contributed by atoms with Crippen LogP contribution >= 0.6 is 11.6 Å². The first-order chi connectivity index (χ1) is 14.4. The molecule has 0 aliphatic heterocycles. The van der Waals surface area contributed by atoms with Crippen molar-refractivity contribution >= 4 is 34.3 Å². The van der Waals surface area contributed by atoms with Gasteiger partial charge in [-0.05, 0) is 41.8 Å². The predicted molar refractivity (Wildman–Crippen MR) is 115 cm³/mol. The molecule has 3 rings (SSSR count). The number of benzene rings is 2. The van der Waals surface area contributed by atoms with Crippen LogP contribution in [0, 0.1) is 0 Å². The number of hydrogen-bond donors (Lipinski definition) is 4.